The molecule has 0 amide bonds. The molecule has 0 saturated heterocycles. The van der Waals surface area contributed by atoms with Gasteiger partial charge in [-0.25, -0.2) is 0 Å². The van der Waals surface area contributed by atoms with E-state index in [1.54, 1.807) is 0 Å². The lowest BCUT2D eigenvalue weighted by Crippen LogP contribution is -2.36. The van der Waals surface area contributed by atoms with Gasteiger partial charge in [0.25, 0.3) is 0 Å². The summed E-state index contributed by atoms with van der Waals surface area (Å²) in [5.74, 6) is 0. The molecule has 0 aromatic heterocycles. The Hall–Kier alpha value is -0.560. The van der Waals surface area contributed by atoms with Crippen LogP contribution in [0.25, 0.3) is 0 Å². The van der Waals surface area contributed by atoms with Gasteiger partial charge >= 0.3 is 0 Å². The molecular weight excluding hydrogens is 182 g/mol. The smallest absolute Gasteiger partial charge is 0.00966 e. The van der Waals surface area contributed by atoms with Gasteiger partial charge in [0.1, 0.15) is 0 Å². The van der Waals surface area contributed by atoms with Crippen LogP contribution in [-0.2, 0) is 0 Å². The molecule has 88 valence electrons. The minimum Gasteiger partial charge on any atom is -0.312 e. The second kappa shape index (κ2) is 6.84. The Balaban J connectivity index is 3.72. The number of allylic oxidation sites excluding steroid dienone is 2. The molecule has 0 aromatic rings. The molecule has 1 nitrogen and oxygen atoms in total. The van der Waals surface area contributed by atoms with Crippen molar-refractivity contribution in [3.63, 3.8) is 0 Å². The Morgan fingerprint density at radius 2 is 1.93 bits per heavy atom. The predicted octanol–water partition coefficient (Wildman–Crippen LogP) is 4.07. The Morgan fingerprint density at radius 1 is 1.33 bits per heavy atom. The second-order valence-electron chi connectivity index (χ2n) is 5.30. The first-order chi connectivity index (χ1) is 6.85. The van der Waals surface area contributed by atoms with Crippen LogP contribution in [-0.4, -0.2) is 12.1 Å². The standard InChI is InChI=1S/C14H27N/c1-7-12(2)11-13(3)9-8-10-15-14(4,5)6/h9,15H,2,7-8,10-11H2,1,3-6H3. The Labute approximate surface area is 95.7 Å². The highest BCUT2D eigenvalue weighted by atomic mass is 14.9. The van der Waals surface area contributed by atoms with Crippen molar-refractivity contribution in [1.82, 2.24) is 5.32 Å². The summed E-state index contributed by atoms with van der Waals surface area (Å²) in [7, 11) is 0. The van der Waals surface area contributed by atoms with Gasteiger partial charge in [0, 0.05) is 5.54 Å². The number of nitrogens with one attached hydrogen (secondary N) is 1. The minimum atomic E-state index is 0.231. The van der Waals surface area contributed by atoms with Gasteiger partial charge in [0.2, 0.25) is 0 Å². The van der Waals surface area contributed by atoms with Crippen LogP contribution in [0.5, 0.6) is 0 Å². The molecule has 0 atom stereocenters. The molecule has 0 spiro atoms. The fourth-order valence-electron chi connectivity index (χ4n) is 1.36. The maximum absolute atomic E-state index is 4.02. The largest absolute Gasteiger partial charge is 0.312 e. The van der Waals surface area contributed by atoms with E-state index >= 15 is 0 Å². The Morgan fingerprint density at radius 3 is 2.40 bits per heavy atom. The first-order valence-electron chi connectivity index (χ1n) is 5.92. The molecule has 0 aliphatic carbocycles. The van der Waals surface area contributed by atoms with Crippen molar-refractivity contribution >= 4 is 0 Å². The Bertz CT molecular complexity index is 218. The van der Waals surface area contributed by atoms with Gasteiger partial charge in [-0.05, 0) is 53.5 Å². The summed E-state index contributed by atoms with van der Waals surface area (Å²) in [5, 5.41) is 3.48. The lowest BCUT2D eigenvalue weighted by molar-refractivity contribution is 0.431. The van der Waals surface area contributed by atoms with E-state index in [1.165, 1.54) is 11.1 Å². The van der Waals surface area contributed by atoms with E-state index in [0.717, 1.165) is 25.8 Å². The Kier molecular flexibility index (Phi) is 6.58. The van der Waals surface area contributed by atoms with Crippen molar-refractivity contribution in [2.75, 3.05) is 6.54 Å². The molecule has 0 unspecified atom stereocenters. The van der Waals surface area contributed by atoms with Crippen LogP contribution in [0.4, 0.5) is 0 Å². The zero-order chi connectivity index (χ0) is 11.9. The first-order valence-corrected chi connectivity index (χ1v) is 5.92. The fourth-order valence-corrected chi connectivity index (χ4v) is 1.36. The van der Waals surface area contributed by atoms with Gasteiger partial charge in [0.15, 0.2) is 0 Å². The van der Waals surface area contributed by atoms with E-state index in [0.29, 0.717) is 0 Å². The summed E-state index contributed by atoms with van der Waals surface area (Å²) in [6.45, 7) is 16.0. The third kappa shape index (κ3) is 9.74. The summed E-state index contributed by atoms with van der Waals surface area (Å²) in [4.78, 5) is 0. The molecule has 0 aliphatic heterocycles. The van der Waals surface area contributed by atoms with Crippen molar-refractivity contribution < 1.29 is 0 Å². The van der Waals surface area contributed by atoms with E-state index in [9.17, 15) is 0 Å². The summed E-state index contributed by atoms with van der Waals surface area (Å²) in [6, 6.07) is 0. The molecule has 0 bridgehead atoms. The van der Waals surface area contributed by atoms with Gasteiger partial charge in [-0.1, -0.05) is 30.7 Å². The quantitative estimate of drug-likeness (QED) is 0.513. The topological polar surface area (TPSA) is 12.0 Å². The SMILES string of the molecule is C=C(CC)CC(C)=CCCNC(C)(C)C. The number of hydrogen-bond acceptors (Lipinski definition) is 1. The zero-order valence-corrected chi connectivity index (χ0v) is 11.1. The van der Waals surface area contributed by atoms with Crippen molar-refractivity contribution in [2.24, 2.45) is 0 Å². The van der Waals surface area contributed by atoms with Gasteiger partial charge < -0.3 is 5.32 Å². The highest BCUT2D eigenvalue weighted by Crippen LogP contribution is 2.11. The molecule has 0 saturated carbocycles. The normalized spacial score (nSPS) is 13.0. The van der Waals surface area contributed by atoms with E-state index in [-0.39, 0.29) is 5.54 Å². The molecule has 0 radical (unpaired) electrons. The van der Waals surface area contributed by atoms with Crippen molar-refractivity contribution in [3.05, 3.63) is 23.8 Å². The molecule has 0 fully saturated rings. The average molecular weight is 209 g/mol. The van der Waals surface area contributed by atoms with Crippen LogP contribution < -0.4 is 5.32 Å². The lowest BCUT2D eigenvalue weighted by Gasteiger charge is -2.19. The van der Waals surface area contributed by atoms with Crippen LogP contribution in [0.2, 0.25) is 0 Å². The van der Waals surface area contributed by atoms with Gasteiger partial charge in [-0.3, -0.25) is 0 Å². The summed E-state index contributed by atoms with van der Waals surface area (Å²) >= 11 is 0. The minimum absolute atomic E-state index is 0.231. The van der Waals surface area contributed by atoms with Crippen LogP contribution in [0.3, 0.4) is 0 Å². The highest BCUT2D eigenvalue weighted by Gasteiger charge is 2.06. The molecule has 0 heterocycles. The lowest BCUT2D eigenvalue weighted by atomic mass is 10.0. The van der Waals surface area contributed by atoms with Gasteiger partial charge in [-0.15, -0.1) is 0 Å². The number of hydrogen-bond donors (Lipinski definition) is 1. The molecular formula is C14H27N. The van der Waals surface area contributed by atoms with E-state index in [4.69, 9.17) is 0 Å². The van der Waals surface area contributed by atoms with Crippen LogP contribution in [0, 0.1) is 0 Å². The average Bonchev–Trinajstić information content (AvgIpc) is 2.11. The summed E-state index contributed by atoms with van der Waals surface area (Å²) in [5.41, 5.74) is 3.00. The molecule has 0 rings (SSSR count). The van der Waals surface area contributed by atoms with Gasteiger partial charge in [-0.2, -0.15) is 0 Å². The van der Waals surface area contributed by atoms with Crippen LogP contribution in [0.1, 0.15) is 53.9 Å². The van der Waals surface area contributed by atoms with Crippen LogP contribution >= 0.6 is 0 Å². The predicted molar refractivity (Wildman–Crippen MR) is 70.2 cm³/mol. The summed E-state index contributed by atoms with van der Waals surface area (Å²) in [6.07, 6.45) is 5.58. The van der Waals surface area contributed by atoms with Gasteiger partial charge in [0.05, 0.1) is 0 Å². The third-order valence-electron chi connectivity index (χ3n) is 2.32. The maximum atomic E-state index is 4.02. The van der Waals surface area contributed by atoms with Crippen molar-refractivity contribution in [1.29, 1.82) is 0 Å². The molecule has 1 heteroatoms. The van der Waals surface area contributed by atoms with Crippen molar-refractivity contribution in [3.8, 4) is 0 Å². The zero-order valence-electron chi connectivity index (χ0n) is 11.1. The number of rotatable bonds is 6. The third-order valence-corrected chi connectivity index (χ3v) is 2.32. The molecule has 1 N–H and O–H groups in total. The van der Waals surface area contributed by atoms with Crippen molar-refractivity contribution in [2.45, 2.75) is 59.4 Å². The molecule has 0 aliphatic rings. The van der Waals surface area contributed by atoms with E-state index < -0.39 is 0 Å². The van der Waals surface area contributed by atoms with Crippen LogP contribution in [0.15, 0.2) is 23.8 Å². The van der Waals surface area contributed by atoms with E-state index in [1.807, 2.05) is 0 Å². The first kappa shape index (κ1) is 14.4. The molecule has 15 heavy (non-hydrogen) atoms. The highest BCUT2D eigenvalue weighted by molar-refractivity contribution is 5.10. The fraction of sp³-hybridized carbons (Fsp3) is 0.714. The maximum Gasteiger partial charge on any atom is 0.00966 e. The summed E-state index contributed by atoms with van der Waals surface area (Å²) < 4.78 is 0. The monoisotopic (exact) mass is 209 g/mol. The molecule has 0 aromatic carbocycles. The van der Waals surface area contributed by atoms with E-state index in [2.05, 4.69) is 52.6 Å². The second-order valence-corrected chi connectivity index (χ2v) is 5.30.